The zero-order valence-electron chi connectivity index (χ0n) is 17.1. The third-order valence-corrected chi connectivity index (χ3v) is 6.76. The van der Waals surface area contributed by atoms with Crippen molar-refractivity contribution in [2.75, 3.05) is 36.9 Å². The normalized spacial score (nSPS) is 17.9. The molecule has 0 radical (unpaired) electrons. The second kappa shape index (κ2) is 8.45. The van der Waals surface area contributed by atoms with Crippen LogP contribution in [-0.4, -0.2) is 48.1 Å². The van der Waals surface area contributed by atoms with E-state index in [1.165, 1.54) is 5.57 Å². The van der Waals surface area contributed by atoms with Crippen molar-refractivity contribution < 1.29 is 4.79 Å². The maximum absolute atomic E-state index is 11.9. The summed E-state index contributed by atoms with van der Waals surface area (Å²) < 4.78 is 0. The largest absolute Gasteiger partial charge is 0.390 e. The van der Waals surface area contributed by atoms with Gasteiger partial charge in [-0.2, -0.15) is 0 Å². The number of nitrogens with zero attached hydrogens (tertiary/aromatic N) is 3. The number of pyridine rings is 1. The molecule has 5 N–H and O–H groups in total. The number of aromatic nitrogens is 2. The minimum atomic E-state index is -0.650. The molecule has 8 nitrogen and oxygen atoms in total. The van der Waals surface area contributed by atoms with Gasteiger partial charge in [-0.1, -0.05) is 6.58 Å². The molecule has 0 unspecified atom stereocenters. The number of carbonyl (C=O) groups excluding carboxylic acids is 1. The van der Waals surface area contributed by atoms with Crippen molar-refractivity contribution in [2.24, 2.45) is 5.73 Å². The summed E-state index contributed by atoms with van der Waals surface area (Å²) in [7, 11) is 1.79. The van der Waals surface area contributed by atoms with E-state index in [0.717, 1.165) is 40.9 Å². The summed E-state index contributed by atoms with van der Waals surface area (Å²) in [6.45, 7) is 6.52. The number of rotatable bonds is 7. The van der Waals surface area contributed by atoms with Gasteiger partial charge in [0.1, 0.15) is 10.5 Å². The van der Waals surface area contributed by atoms with Crippen molar-refractivity contribution in [2.45, 2.75) is 24.8 Å². The van der Waals surface area contributed by atoms with Crippen molar-refractivity contribution >= 4 is 40.0 Å². The number of thiazole rings is 1. The molecule has 2 aliphatic heterocycles. The van der Waals surface area contributed by atoms with Crippen LogP contribution in [0.25, 0.3) is 11.3 Å². The highest BCUT2D eigenvalue weighted by molar-refractivity contribution is 7.10. The molecule has 158 valence electrons. The fraction of sp³-hybridized carbons (Fsp3) is 0.381. The Bertz CT molecular complexity index is 975. The summed E-state index contributed by atoms with van der Waals surface area (Å²) in [5, 5.41) is 12.8. The molecule has 1 saturated heterocycles. The minimum absolute atomic E-state index is 0.302. The van der Waals surface area contributed by atoms with E-state index in [4.69, 9.17) is 10.7 Å². The lowest BCUT2D eigenvalue weighted by Crippen LogP contribution is -2.59. The Morgan fingerprint density at radius 1 is 1.40 bits per heavy atom. The van der Waals surface area contributed by atoms with Crippen molar-refractivity contribution in [3.63, 3.8) is 0 Å². The van der Waals surface area contributed by atoms with E-state index in [0.29, 0.717) is 25.9 Å². The van der Waals surface area contributed by atoms with E-state index < -0.39 is 5.54 Å². The maximum atomic E-state index is 11.9. The fourth-order valence-electron chi connectivity index (χ4n) is 3.90. The molecule has 0 saturated carbocycles. The van der Waals surface area contributed by atoms with Crippen LogP contribution in [0, 0.1) is 0 Å². The second-order valence-electron chi connectivity index (χ2n) is 7.57. The van der Waals surface area contributed by atoms with Gasteiger partial charge in [0.05, 0.1) is 17.1 Å². The molecule has 0 aromatic carbocycles. The monoisotopic (exact) mass is 425 g/mol. The van der Waals surface area contributed by atoms with Crippen LogP contribution in [0.1, 0.15) is 30.0 Å². The summed E-state index contributed by atoms with van der Waals surface area (Å²) in [4.78, 5) is 23.4. The van der Waals surface area contributed by atoms with Crippen LogP contribution >= 0.6 is 11.3 Å². The van der Waals surface area contributed by atoms with Gasteiger partial charge in [0, 0.05) is 43.0 Å². The molecule has 2 aromatic rings. The lowest BCUT2D eigenvalue weighted by atomic mass is 9.87. The quantitative estimate of drug-likeness (QED) is 0.537. The molecule has 0 bridgehead atoms. The topological polar surface area (TPSA) is 108 Å². The number of hydrogen-bond acceptors (Lipinski definition) is 8. The Hall–Kier alpha value is -2.91. The van der Waals surface area contributed by atoms with Crippen molar-refractivity contribution in [3.8, 4) is 0 Å². The van der Waals surface area contributed by atoms with Crippen LogP contribution in [-0.2, 0) is 4.79 Å². The smallest absolute Gasteiger partial charge is 0.237 e. The number of anilines is 2. The Morgan fingerprint density at radius 2 is 2.20 bits per heavy atom. The van der Waals surface area contributed by atoms with E-state index in [2.05, 4.69) is 32.4 Å². The third-order valence-electron chi connectivity index (χ3n) is 5.84. The second-order valence-corrected chi connectivity index (χ2v) is 8.43. The van der Waals surface area contributed by atoms with Crippen LogP contribution in [0.15, 0.2) is 36.5 Å². The molecule has 0 aliphatic carbocycles. The van der Waals surface area contributed by atoms with Crippen LogP contribution in [0.4, 0.5) is 11.5 Å². The standard InChI is InChI=1S/C21H27N7OS/c1-14(17-13-30-19(27-17)15-5-9-24-12-15)26-16-4-3-8-25-18(16)28-10-6-21(23-2,7-11-28)20(22)29/h3-4,8,12-13,23-24,26H,1,5-7,9-11H2,2H3,(H2,22,29). The van der Waals surface area contributed by atoms with Crippen LogP contribution in [0.3, 0.4) is 0 Å². The van der Waals surface area contributed by atoms with Crippen LogP contribution < -0.4 is 26.6 Å². The number of nitrogens with two attached hydrogens (primary N) is 1. The fourth-order valence-corrected chi connectivity index (χ4v) is 4.78. The predicted octanol–water partition coefficient (Wildman–Crippen LogP) is 2.00. The first-order valence-corrected chi connectivity index (χ1v) is 10.9. The first-order valence-electron chi connectivity index (χ1n) is 10.1. The van der Waals surface area contributed by atoms with Gasteiger partial charge < -0.3 is 26.6 Å². The summed E-state index contributed by atoms with van der Waals surface area (Å²) in [5.41, 5.74) is 8.65. The summed E-state index contributed by atoms with van der Waals surface area (Å²) in [6.07, 6.45) is 6.07. The third kappa shape index (κ3) is 3.90. The van der Waals surface area contributed by atoms with Gasteiger partial charge in [0.25, 0.3) is 0 Å². The molecule has 0 spiro atoms. The van der Waals surface area contributed by atoms with Gasteiger partial charge in [-0.15, -0.1) is 11.3 Å². The minimum Gasteiger partial charge on any atom is -0.390 e. The van der Waals surface area contributed by atoms with E-state index >= 15 is 0 Å². The summed E-state index contributed by atoms with van der Waals surface area (Å²) >= 11 is 1.63. The first kappa shape index (κ1) is 20.4. The van der Waals surface area contributed by atoms with E-state index in [-0.39, 0.29) is 5.91 Å². The molecule has 2 aromatic heterocycles. The number of likely N-dealkylation sites (N-methyl/N-ethyl adjacent to an activating group) is 1. The molecule has 4 heterocycles. The van der Waals surface area contributed by atoms with Gasteiger partial charge in [-0.05, 0) is 38.4 Å². The van der Waals surface area contributed by atoms with Gasteiger partial charge in [0.15, 0.2) is 5.82 Å². The van der Waals surface area contributed by atoms with Crippen LogP contribution in [0.2, 0.25) is 0 Å². The number of carbonyl (C=O) groups is 1. The zero-order chi connectivity index (χ0) is 21.1. The molecular weight excluding hydrogens is 398 g/mol. The zero-order valence-corrected chi connectivity index (χ0v) is 17.9. The van der Waals surface area contributed by atoms with Gasteiger partial charge in [0.2, 0.25) is 5.91 Å². The summed E-state index contributed by atoms with van der Waals surface area (Å²) in [6, 6.07) is 3.88. The molecule has 0 atom stereocenters. The lowest BCUT2D eigenvalue weighted by Gasteiger charge is -2.40. The highest BCUT2D eigenvalue weighted by Crippen LogP contribution is 2.32. The SMILES string of the molecule is C=C(Nc1cccnc1N1CCC(NC)(C(N)=O)CC1)c1csc(C2=CNCC2)n1. The molecule has 30 heavy (non-hydrogen) atoms. The molecule has 4 rings (SSSR count). The molecular formula is C21H27N7OS. The highest BCUT2D eigenvalue weighted by atomic mass is 32.1. The van der Waals surface area contributed by atoms with Gasteiger partial charge in [-0.25, -0.2) is 9.97 Å². The van der Waals surface area contributed by atoms with Gasteiger partial charge in [-0.3, -0.25) is 4.79 Å². The van der Waals surface area contributed by atoms with Crippen LogP contribution in [0.5, 0.6) is 0 Å². The first-order chi connectivity index (χ1) is 14.5. The number of piperidine rings is 1. The number of amides is 1. The molecule has 1 fully saturated rings. The Morgan fingerprint density at radius 3 is 2.87 bits per heavy atom. The van der Waals surface area contributed by atoms with E-state index in [9.17, 15) is 4.79 Å². The van der Waals surface area contributed by atoms with E-state index in [1.54, 1.807) is 24.6 Å². The van der Waals surface area contributed by atoms with Crippen molar-refractivity contribution in [1.29, 1.82) is 0 Å². The maximum Gasteiger partial charge on any atom is 0.237 e. The number of primary amides is 1. The Balaban J connectivity index is 1.48. The predicted molar refractivity (Wildman–Crippen MR) is 122 cm³/mol. The van der Waals surface area contributed by atoms with Crippen molar-refractivity contribution in [1.82, 2.24) is 20.6 Å². The summed E-state index contributed by atoms with van der Waals surface area (Å²) in [5.74, 6) is 0.537. The van der Waals surface area contributed by atoms with Gasteiger partial charge >= 0.3 is 0 Å². The lowest BCUT2D eigenvalue weighted by molar-refractivity contribution is -0.125. The molecule has 1 amide bonds. The molecule has 9 heteroatoms. The van der Waals surface area contributed by atoms with Crippen molar-refractivity contribution in [3.05, 3.63) is 47.2 Å². The average molecular weight is 426 g/mol. The highest BCUT2D eigenvalue weighted by Gasteiger charge is 2.39. The Kier molecular flexibility index (Phi) is 5.74. The van der Waals surface area contributed by atoms with E-state index in [1.807, 2.05) is 23.7 Å². The Labute approximate surface area is 180 Å². The number of nitrogens with one attached hydrogen (secondary N) is 3. The number of hydrogen-bond donors (Lipinski definition) is 4. The average Bonchev–Trinajstić information content (AvgIpc) is 3.46. The molecule has 2 aliphatic rings.